The van der Waals surface area contributed by atoms with E-state index in [1.165, 1.54) is 0 Å². The van der Waals surface area contributed by atoms with Gasteiger partial charge in [-0.05, 0) is 19.9 Å². The summed E-state index contributed by atoms with van der Waals surface area (Å²) in [5.74, 6) is 0.0710. The Morgan fingerprint density at radius 1 is 1.33 bits per heavy atom. The van der Waals surface area contributed by atoms with E-state index in [9.17, 15) is 4.79 Å². The van der Waals surface area contributed by atoms with Crippen molar-refractivity contribution in [2.24, 2.45) is 0 Å². The number of anilines is 1. The Morgan fingerprint density at radius 2 is 2.06 bits per heavy atom. The number of carbonyl (C=O) groups is 1. The van der Waals surface area contributed by atoms with Gasteiger partial charge in [-0.2, -0.15) is 0 Å². The second kappa shape index (κ2) is 7.71. The molecule has 0 radical (unpaired) electrons. The summed E-state index contributed by atoms with van der Waals surface area (Å²) in [5, 5.41) is 6.13. The summed E-state index contributed by atoms with van der Waals surface area (Å²) in [6.07, 6.45) is 0.472. The van der Waals surface area contributed by atoms with Gasteiger partial charge in [0.1, 0.15) is 0 Å². The molecular weight excluding hydrogens is 228 g/mol. The maximum atomic E-state index is 11.5. The van der Waals surface area contributed by atoms with Crippen LogP contribution < -0.4 is 10.6 Å². The zero-order valence-corrected chi connectivity index (χ0v) is 11.3. The van der Waals surface area contributed by atoms with Crippen molar-refractivity contribution in [1.29, 1.82) is 0 Å². The quantitative estimate of drug-likeness (QED) is 0.779. The molecule has 0 unspecified atom stereocenters. The molecule has 0 aliphatic rings. The molecule has 0 aliphatic carbocycles. The van der Waals surface area contributed by atoms with E-state index in [1.807, 2.05) is 38.1 Å². The third-order valence-electron chi connectivity index (χ3n) is 2.43. The predicted octanol–water partition coefficient (Wildman–Crippen LogP) is 2.16. The molecule has 0 fully saturated rings. The maximum Gasteiger partial charge on any atom is 0.221 e. The van der Waals surface area contributed by atoms with E-state index in [2.05, 4.69) is 10.6 Å². The van der Waals surface area contributed by atoms with Crippen molar-refractivity contribution in [2.75, 3.05) is 19.0 Å². The first-order valence-electron chi connectivity index (χ1n) is 6.23. The smallest absolute Gasteiger partial charge is 0.221 e. The largest absolute Gasteiger partial charge is 0.384 e. The number of methoxy groups -OCH3 is 1. The Balaban J connectivity index is 2.41. The van der Waals surface area contributed by atoms with E-state index in [0.717, 1.165) is 11.3 Å². The fraction of sp³-hybridized carbons (Fsp3) is 0.500. The highest BCUT2D eigenvalue weighted by atomic mass is 16.5. The lowest BCUT2D eigenvalue weighted by Crippen LogP contribution is -2.31. The van der Waals surface area contributed by atoms with Crippen LogP contribution in [-0.4, -0.2) is 25.6 Å². The van der Waals surface area contributed by atoms with E-state index in [1.54, 1.807) is 7.11 Å². The number of hydrogen-bond acceptors (Lipinski definition) is 3. The Labute approximate surface area is 109 Å². The average molecular weight is 250 g/mol. The van der Waals surface area contributed by atoms with E-state index in [0.29, 0.717) is 19.6 Å². The van der Waals surface area contributed by atoms with Crippen LogP contribution in [0.3, 0.4) is 0 Å². The summed E-state index contributed by atoms with van der Waals surface area (Å²) in [4.78, 5) is 11.5. The van der Waals surface area contributed by atoms with Crippen LogP contribution in [0.4, 0.5) is 5.69 Å². The zero-order chi connectivity index (χ0) is 13.4. The van der Waals surface area contributed by atoms with Gasteiger partial charge in [0.2, 0.25) is 5.91 Å². The molecule has 1 rings (SSSR count). The Hall–Kier alpha value is -1.55. The van der Waals surface area contributed by atoms with E-state index >= 15 is 0 Å². The molecule has 100 valence electrons. The van der Waals surface area contributed by atoms with E-state index in [-0.39, 0.29) is 11.9 Å². The molecule has 4 heteroatoms. The minimum atomic E-state index is 0.0710. The summed E-state index contributed by atoms with van der Waals surface area (Å²) in [6, 6.07) is 8.15. The molecule has 0 saturated heterocycles. The molecule has 0 aliphatic heterocycles. The van der Waals surface area contributed by atoms with Crippen LogP contribution >= 0.6 is 0 Å². The number of benzene rings is 1. The third kappa shape index (κ3) is 5.19. The summed E-state index contributed by atoms with van der Waals surface area (Å²) in [5.41, 5.74) is 2.13. The normalized spacial score (nSPS) is 10.4. The second-order valence-corrected chi connectivity index (χ2v) is 4.49. The van der Waals surface area contributed by atoms with Gasteiger partial charge in [-0.15, -0.1) is 0 Å². The maximum absolute atomic E-state index is 11.5. The van der Waals surface area contributed by atoms with Crippen molar-refractivity contribution in [3.05, 3.63) is 29.8 Å². The van der Waals surface area contributed by atoms with Crippen LogP contribution in [0.1, 0.15) is 25.8 Å². The number of para-hydroxylation sites is 1. The van der Waals surface area contributed by atoms with Crippen LogP contribution in [0.15, 0.2) is 24.3 Å². The lowest BCUT2D eigenvalue weighted by atomic mass is 10.2. The van der Waals surface area contributed by atoms with Crippen molar-refractivity contribution in [3.63, 3.8) is 0 Å². The Kier molecular flexibility index (Phi) is 6.22. The van der Waals surface area contributed by atoms with Gasteiger partial charge in [-0.1, -0.05) is 18.2 Å². The monoisotopic (exact) mass is 250 g/mol. The Bertz CT molecular complexity index is 378. The molecule has 1 aromatic carbocycles. The molecule has 0 atom stereocenters. The highest BCUT2D eigenvalue weighted by Gasteiger charge is 2.04. The van der Waals surface area contributed by atoms with Gasteiger partial charge in [0.25, 0.3) is 0 Å². The first-order chi connectivity index (χ1) is 8.63. The van der Waals surface area contributed by atoms with E-state index in [4.69, 9.17) is 4.74 Å². The van der Waals surface area contributed by atoms with Gasteiger partial charge in [-0.25, -0.2) is 0 Å². The number of nitrogens with one attached hydrogen (secondary N) is 2. The molecular formula is C14H22N2O2. The molecule has 0 heterocycles. The highest BCUT2D eigenvalue weighted by molar-refractivity contribution is 5.76. The van der Waals surface area contributed by atoms with Crippen LogP contribution in [0.5, 0.6) is 0 Å². The van der Waals surface area contributed by atoms with Crippen molar-refractivity contribution in [1.82, 2.24) is 5.32 Å². The summed E-state index contributed by atoms with van der Waals surface area (Å²) >= 11 is 0. The molecule has 0 aromatic heterocycles. The van der Waals surface area contributed by atoms with Crippen molar-refractivity contribution in [2.45, 2.75) is 32.9 Å². The molecule has 1 aromatic rings. The van der Waals surface area contributed by atoms with Gasteiger partial charge in [0.15, 0.2) is 0 Å². The van der Waals surface area contributed by atoms with Crippen molar-refractivity contribution >= 4 is 11.6 Å². The minimum Gasteiger partial charge on any atom is -0.384 e. The van der Waals surface area contributed by atoms with Gasteiger partial charge in [-0.3, -0.25) is 4.79 Å². The van der Waals surface area contributed by atoms with Crippen LogP contribution in [0.25, 0.3) is 0 Å². The first-order valence-corrected chi connectivity index (χ1v) is 6.23. The molecule has 18 heavy (non-hydrogen) atoms. The first kappa shape index (κ1) is 14.5. The van der Waals surface area contributed by atoms with Crippen molar-refractivity contribution < 1.29 is 9.53 Å². The van der Waals surface area contributed by atoms with E-state index < -0.39 is 0 Å². The number of amides is 1. The topological polar surface area (TPSA) is 50.4 Å². The van der Waals surface area contributed by atoms with Crippen LogP contribution in [0.2, 0.25) is 0 Å². The summed E-state index contributed by atoms with van der Waals surface area (Å²) in [6.45, 7) is 5.11. The molecule has 1 amide bonds. The lowest BCUT2D eigenvalue weighted by Gasteiger charge is -2.12. The molecule has 0 saturated carbocycles. The summed E-state index contributed by atoms with van der Waals surface area (Å²) in [7, 11) is 1.67. The van der Waals surface area contributed by atoms with Gasteiger partial charge in [0.05, 0.1) is 6.61 Å². The molecule has 0 spiro atoms. The third-order valence-corrected chi connectivity index (χ3v) is 2.43. The Morgan fingerprint density at radius 3 is 2.72 bits per heavy atom. The second-order valence-electron chi connectivity index (χ2n) is 4.49. The van der Waals surface area contributed by atoms with Crippen LogP contribution in [-0.2, 0) is 16.1 Å². The highest BCUT2D eigenvalue weighted by Crippen LogP contribution is 2.15. The zero-order valence-electron chi connectivity index (χ0n) is 11.3. The van der Waals surface area contributed by atoms with Gasteiger partial charge in [0, 0.05) is 37.4 Å². The summed E-state index contributed by atoms with van der Waals surface area (Å²) < 4.78 is 5.13. The minimum absolute atomic E-state index is 0.0710. The fourth-order valence-electron chi connectivity index (χ4n) is 1.68. The predicted molar refractivity (Wildman–Crippen MR) is 73.5 cm³/mol. The van der Waals surface area contributed by atoms with Gasteiger partial charge >= 0.3 is 0 Å². The standard InChI is InChI=1S/C14H22N2O2/c1-11(2)16-14(17)8-9-15-13-7-5-4-6-12(13)10-18-3/h4-7,11,15H,8-10H2,1-3H3,(H,16,17). The average Bonchev–Trinajstić information content (AvgIpc) is 2.30. The van der Waals surface area contributed by atoms with Gasteiger partial charge < -0.3 is 15.4 Å². The lowest BCUT2D eigenvalue weighted by molar-refractivity contribution is -0.121. The molecule has 0 bridgehead atoms. The number of carbonyl (C=O) groups excluding carboxylic acids is 1. The molecule has 2 N–H and O–H groups in total. The van der Waals surface area contributed by atoms with Crippen molar-refractivity contribution in [3.8, 4) is 0 Å². The number of rotatable bonds is 7. The number of hydrogen-bond donors (Lipinski definition) is 2. The SMILES string of the molecule is COCc1ccccc1NCCC(=O)NC(C)C. The number of ether oxygens (including phenoxy) is 1. The van der Waals surface area contributed by atoms with Crippen LogP contribution in [0, 0.1) is 0 Å². The fourth-order valence-corrected chi connectivity index (χ4v) is 1.68. The molecule has 4 nitrogen and oxygen atoms in total.